The van der Waals surface area contributed by atoms with Crippen LogP contribution in [0.4, 0.5) is 10.1 Å². The lowest BCUT2D eigenvalue weighted by atomic mass is 10.1. The molecule has 1 atom stereocenters. The Morgan fingerprint density at radius 2 is 2.00 bits per heavy atom. The molecule has 2 fully saturated rings. The summed E-state index contributed by atoms with van der Waals surface area (Å²) in [5.41, 5.74) is 0.966. The van der Waals surface area contributed by atoms with E-state index >= 15 is 0 Å². The van der Waals surface area contributed by atoms with Crippen LogP contribution in [0.15, 0.2) is 18.2 Å². The summed E-state index contributed by atoms with van der Waals surface area (Å²) >= 11 is 0. The molecule has 6 heteroatoms. The molecule has 2 aliphatic rings. The number of nitrogens with one attached hydrogen (secondary N) is 1. The molecule has 0 saturated carbocycles. The number of hydrogen-bond acceptors (Lipinski definition) is 4. The van der Waals surface area contributed by atoms with Gasteiger partial charge in [-0.25, -0.2) is 4.39 Å². The standard InChI is InChI=1S/C17H24FN3O2/c1-23-16-12-13(5-6-14(16)18)20-8-10-21(11-9-20)15-4-2-3-7-19-17(15)22/h5-6,12,15H,2-4,7-11H2,1H3,(H,19,22)/t15-/m1/s1. The van der Waals surface area contributed by atoms with Crippen molar-refractivity contribution in [2.24, 2.45) is 0 Å². The van der Waals surface area contributed by atoms with E-state index < -0.39 is 0 Å². The number of rotatable bonds is 3. The first-order chi connectivity index (χ1) is 11.2. The van der Waals surface area contributed by atoms with E-state index in [4.69, 9.17) is 4.74 Å². The number of anilines is 1. The SMILES string of the molecule is COc1cc(N2CCN([C@@H]3CCCCNC3=O)CC2)ccc1F. The number of ether oxygens (including phenoxy) is 1. The van der Waals surface area contributed by atoms with Gasteiger partial charge in [-0.15, -0.1) is 0 Å². The fraction of sp³-hybridized carbons (Fsp3) is 0.588. The molecule has 1 N–H and O–H groups in total. The lowest BCUT2D eigenvalue weighted by Gasteiger charge is -2.39. The van der Waals surface area contributed by atoms with Gasteiger partial charge in [0.15, 0.2) is 11.6 Å². The number of benzene rings is 1. The van der Waals surface area contributed by atoms with Gasteiger partial charge >= 0.3 is 0 Å². The summed E-state index contributed by atoms with van der Waals surface area (Å²) in [6, 6.07) is 4.97. The van der Waals surface area contributed by atoms with Crippen molar-refractivity contribution in [2.75, 3.05) is 44.7 Å². The van der Waals surface area contributed by atoms with E-state index in [1.807, 2.05) is 0 Å². The first-order valence-electron chi connectivity index (χ1n) is 8.29. The zero-order valence-electron chi connectivity index (χ0n) is 13.6. The summed E-state index contributed by atoms with van der Waals surface area (Å²) in [7, 11) is 1.48. The quantitative estimate of drug-likeness (QED) is 0.919. The first kappa shape index (κ1) is 16.1. The molecule has 0 unspecified atom stereocenters. The molecule has 0 radical (unpaired) electrons. The van der Waals surface area contributed by atoms with Crippen LogP contribution in [0.2, 0.25) is 0 Å². The number of carbonyl (C=O) groups is 1. The minimum absolute atomic E-state index is 0.00223. The minimum Gasteiger partial charge on any atom is -0.494 e. The summed E-state index contributed by atoms with van der Waals surface area (Å²) in [5, 5.41) is 3.00. The molecule has 2 heterocycles. The third kappa shape index (κ3) is 3.58. The Bertz CT molecular complexity index is 559. The Kier molecular flexibility index (Phi) is 5.00. The Morgan fingerprint density at radius 3 is 2.74 bits per heavy atom. The van der Waals surface area contributed by atoms with Gasteiger partial charge in [0.1, 0.15) is 0 Å². The molecule has 3 rings (SSSR count). The van der Waals surface area contributed by atoms with Crippen molar-refractivity contribution in [1.29, 1.82) is 0 Å². The van der Waals surface area contributed by atoms with Gasteiger partial charge in [0, 0.05) is 44.5 Å². The number of carbonyl (C=O) groups excluding carboxylic acids is 1. The Hall–Kier alpha value is -1.82. The molecule has 23 heavy (non-hydrogen) atoms. The second kappa shape index (κ2) is 7.17. The van der Waals surface area contributed by atoms with Crippen molar-refractivity contribution in [3.05, 3.63) is 24.0 Å². The third-order valence-electron chi connectivity index (χ3n) is 4.76. The lowest BCUT2D eigenvalue weighted by molar-refractivity contribution is -0.126. The third-order valence-corrected chi connectivity index (χ3v) is 4.76. The van der Waals surface area contributed by atoms with Gasteiger partial charge in [-0.2, -0.15) is 0 Å². The van der Waals surface area contributed by atoms with Crippen LogP contribution in [0.3, 0.4) is 0 Å². The number of amides is 1. The molecule has 126 valence electrons. The highest BCUT2D eigenvalue weighted by Gasteiger charge is 2.29. The molecule has 0 aliphatic carbocycles. The van der Waals surface area contributed by atoms with Crippen molar-refractivity contribution in [2.45, 2.75) is 25.3 Å². The fourth-order valence-corrected chi connectivity index (χ4v) is 3.41. The van der Waals surface area contributed by atoms with Gasteiger partial charge < -0.3 is 15.0 Å². The van der Waals surface area contributed by atoms with Crippen molar-refractivity contribution >= 4 is 11.6 Å². The van der Waals surface area contributed by atoms with Crippen LogP contribution in [0.5, 0.6) is 5.75 Å². The van der Waals surface area contributed by atoms with E-state index in [2.05, 4.69) is 15.1 Å². The normalized spacial score (nSPS) is 23.3. The van der Waals surface area contributed by atoms with Crippen LogP contribution in [0.1, 0.15) is 19.3 Å². The number of piperazine rings is 1. The molecule has 1 amide bonds. The molecule has 1 aromatic carbocycles. The highest BCUT2D eigenvalue weighted by atomic mass is 19.1. The largest absolute Gasteiger partial charge is 0.494 e. The molecule has 5 nitrogen and oxygen atoms in total. The van der Waals surface area contributed by atoms with Gasteiger partial charge in [-0.3, -0.25) is 9.69 Å². The monoisotopic (exact) mass is 321 g/mol. The predicted molar refractivity (Wildman–Crippen MR) is 87.4 cm³/mol. The van der Waals surface area contributed by atoms with Crippen LogP contribution in [0.25, 0.3) is 0 Å². The van der Waals surface area contributed by atoms with Crippen LogP contribution >= 0.6 is 0 Å². The smallest absolute Gasteiger partial charge is 0.237 e. The molecule has 2 saturated heterocycles. The van der Waals surface area contributed by atoms with E-state index in [1.165, 1.54) is 13.2 Å². The highest BCUT2D eigenvalue weighted by Crippen LogP contribution is 2.26. The number of halogens is 1. The van der Waals surface area contributed by atoms with Gasteiger partial charge in [0.2, 0.25) is 5.91 Å². The van der Waals surface area contributed by atoms with Crippen LogP contribution in [0, 0.1) is 5.82 Å². The van der Waals surface area contributed by atoms with Crippen molar-refractivity contribution in [1.82, 2.24) is 10.2 Å². The maximum Gasteiger partial charge on any atom is 0.237 e. The molecule has 1 aromatic rings. The Morgan fingerprint density at radius 1 is 1.22 bits per heavy atom. The van der Waals surface area contributed by atoms with Crippen LogP contribution in [-0.4, -0.2) is 56.7 Å². The van der Waals surface area contributed by atoms with E-state index in [0.717, 1.165) is 57.7 Å². The number of hydrogen-bond donors (Lipinski definition) is 1. The lowest BCUT2D eigenvalue weighted by Crippen LogP contribution is -2.54. The molecular weight excluding hydrogens is 297 g/mol. The summed E-state index contributed by atoms with van der Waals surface area (Å²) in [6.45, 7) is 4.15. The van der Waals surface area contributed by atoms with Gasteiger partial charge in [0.25, 0.3) is 0 Å². The van der Waals surface area contributed by atoms with Crippen molar-refractivity contribution in [3.63, 3.8) is 0 Å². The van der Waals surface area contributed by atoms with Crippen LogP contribution in [-0.2, 0) is 4.79 Å². The Balaban J connectivity index is 1.63. The maximum absolute atomic E-state index is 13.5. The highest BCUT2D eigenvalue weighted by molar-refractivity contribution is 5.82. The van der Waals surface area contributed by atoms with E-state index in [1.54, 1.807) is 12.1 Å². The van der Waals surface area contributed by atoms with Gasteiger partial charge in [-0.05, 0) is 31.4 Å². The van der Waals surface area contributed by atoms with Crippen LogP contribution < -0.4 is 15.0 Å². The second-order valence-electron chi connectivity index (χ2n) is 6.14. The molecule has 0 bridgehead atoms. The van der Waals surface area contributed by atoms with Crippen molar-refractivity contribution in [3.8, 4) is 5.75 Å². The van der Waals surface area contributed by atoms with E-state index in [9.17, 15) is 9.18 Å². The number of methoxy groups -OCH3 is 1. The first-order valence-corrected chi connectivity index (χ1v) is 8.29. The maximum atomic E-state index is 13.5. The molecule has 2 aliphatic heterocycles. The van der Waals surface area contributed by atoms with Crippen molar-refractivity contribution < 1.29 is 13.9 Å². The summed E-state index contributed by atoms with van der Waals surface area (Å²) < 4.78 is 18.6. The zero-order valence-corrected chi connectivity index (χ0v) is 13.6. The average molecular weight is 321 g/mol. The molecule has 0 spiro atoms. The zero-order chi connectivity index (χ0) is 16.2. The fourth-order valence-electron chi connectivity index (χ4n) is 3.41. The molecule has 0 aromatic heterocycles. The summed E-state index contributed by atoms with van der Waals surface area (Å²) in [4.78, 5) is 16.7. The topological polar surface area (TPSA) is 44.8 Å². The van der Waals surface area contributed by atoms with E-state index in [-0.39, 0.29) is 23.5 Å². The number of nitrogens with zero attached hydrogens (tertiary/aromatic N) is 2. The predicted octanol–water partition coefficient (Wildman–Crippen LogP) is 1.62. The second-order valence-corrected chi connectivity index (χ2v) is 6.14. The van der Waals surface area contributed by atoms with Gasteiger partial charge in [0.05, 0.1) is 13.2 Å². The van der Waals surface area contributed by atoms with Gasteiger partial charge in [-0.1, -0.05) is 0 Å². The Labute approximate surface area is 136 Å². The molecular formula is C17H24FN3O2. The summed E-state index contributed by atoms with van der Waals surface area (Å²) in [6.07, 6.45) is 3.10. The summed E-state index contributed by atoms with van der Waals surface area (Å²) in [5.74, 6) is 0.0949. The average Bonchev–Trinajstić information content (AvgIpc) is 2.80. The minimum atomic E-state index is -0.343. The van der Waals surface area contributed by atoms with E-state index in [0.29, 0.717) is 0 Å².